The SMILES string of the molecule is Cn1ccnc1CN(C(=O)C(N)C(C)(C)C)C1CC1. The van der Waals surface area contributed by atoms with Gasteiger partial charge in [-0.2, -0.15) is 0 Å². The molecule has 0 saturated heterocycles. The van der Waals surface area contributed by atoms with Crippen molar-refractivity contribution in [2.75, 3.05) is 0 Å². The topological polar surface area (TPSA) is 64.2 Å². The lowest BCUT2D eigenvalue weighted by Crippen LogP contribution is -2.51. The number of nitrogens with two attached hydrogens (primary N) is 1. The van der Waals surface area contributed by atoms with E-state index in [1.165, 1.54) is 0 Å². The summed E-state index contributed by atoms with van der Waals surface area (Å²) in [5, 5.41) is 0. The first-order chi connectivity index (χ1) is 8.80. The van der Waals surface area contributed by atoms with Gasteiger partial charge in [-0.3, -0.25) is 4.79 Å². The molecule has 5 nitrogen and oxygen atoms in total. The van der Waals surface area contributed by atoms with E-state index >= 15 is 0 Å². The molecule has 2 rings (SSSR count). The van der Waals surface area contributed by atoms with Gasteiger partial charge < -0.3 is 15.2 Å². The second kappa shape index (κ2) is 4.96. The van der Waals surface area contributed by atoms with Crippen LogP contribution in [0.4, 0.5) is 0 Å². The summed E-state index contributed by atoms with van der Waals surface area (Å²) in [6.07, 6.45) is 5.81. The number of imidazole rings is 1. The van der Waals surface area contributed by atoms with E-state index in [1.807, 2.05) is 43.5 Å². The Morgan fingerprint density at radius 2 is 2.21 bits per heavy atom. The van der Waals surface area contributed by atoms with Crippen molar-refractivity contribution >= 4 is 5.91 Å². The van der Waals surface area contributed by atoms with Crippen LogP contribution >= 0.6 is 0 Å². The Morgan fingerprint density at radius 3 is 2.63 bits per heavy atom. The minimum Gasteiger partial charge on any atom is -0.337 e. The third kappa shape index (κ3) is 3.15. The van der Waals surface area contributed by atoms with E-state index in [0.717, 1.165) is 18.7 Å². The first-order valence-corrected chi connectivity index (χ1v) is 6.83. The normalized spacial score (nSPS) is 17.3. The summed E-state index contributed by atoms with van der Waals surface area (Å²) in [5.74, 6) is 0.944. The Bertz CT molecular complexity index is 456. The zero-order valence-electron chi connectivity index (χ0n) is 12.3. The predicted octanol–water partition coefficient (Wildman–Crippen LogP) is 1.28. The van der Waals surface area contributed by atoms with Gasteiger partial charge in [0.1, 0.15) is 5.82 Å². The summed E-state index contributed by atoms with van der Waals surface area (Å²) in [6, 6.07) is -0.119. The maximum Gasteiger partial charge on any atom is 0.240 e. The van der Waals surface area contributed by atoms with Gasteiger partial charge in [-0.1, -0.05) is 20.8 Å². The molecule has 2 N–H and O–H groups in total. The Kier molecular flexibility index (Phi) is 3.67. The lowest BCUT2D eigenvalue weighted by Gasteiger charge is -2.32. The second-order valence-electron chi connectivity index (χ2n) is 6.50. The average molecular weight is 264 g/mol. The van der Waals surface area contributed by atoms with E-state index in [2.05, 4.69) is 4.98 Å². The number of carbonyl (C=O) groups excluding carboxylic acids is 1. The van der Waals surface area contributed by atoms with Crippen LogP contribution in [0.2, 0.25) is 0 Å². The van der Waals surface area contributed by atoms with E-state index in [1.54, 1.807) is 6.20 Å². The molecule has 0 aliphatic heterocycles. The molecular formula is C14H24N4O. The molecule has 1 aromatic heterocycles. The highest BCUT2D eigenvalue weighted by Gasteiger charge is 2.38. The third-order valence-electron chi connectivity index (χ3n) is 3.70. The van der Waals surface area contributed by atoms with Crippen molar-refractivity contribution in [3.05, 3.63) is 18.2 Å². The average Bonchev–Trinajstić information content (AvgIpc) is 3.08. The number of hydrogen-bond donors (Lipinski definition) is 1. The Morgan fingerprint density at radius 1 is 1.58 bits per heavy atom. The maximum absolute atomic E-state index is 12.6. The predicted molar refractivity (Wildman–Crippen MR) is 74.2 cm³/mol. The van der Waals surface area contributed by atoms with E-state index in [0.29, 0.717) is 12.6 Å². The molecule has 106 valence electrons. The standard InChI is InChI=1S/C14H24N4O/c1-14(2,3)12(15)13(19)18(10-5-6-10)9-11-16-7-8-17(11)4/h7-8,10,12H,5-6,9,15H2,1-4H3. The molecule has 5 heteroatoms. The number of aromatic nitrogens is 2. The molecule has 1 atom stereocenters. The minimum atomic E-state index is -0.464. The Balaban J connectivity index is 2.13. The third-order valence-corrected chi connectivity index (χ3v) is 3.70. The van der Waals surface area contributed by atoms with Crippen LogP contribution in [0.25, 0.3) is 0 Å². The first kappa shape index (κ1) is 14.1. The summed E-state index contributed by atoms with van der Waals surface area (Å²) in [4.78, 5) is 18.8. The molecule has 1 heterocycles. The van der Waals surface area contributed by atoms with Crippen LogP contribution in [-0.4, -0.2) is 32.4 Å². The van der Waals surface area contributed by atoms with Crippen LogP contribution in [0.15, 0.2) is 12.4 Å². The van der Waals surface area contributed by atoms with Crippen LogP contribution in [0.5, 0.6) is 0 Å². The van der Waals surface area contributed by atoms with Crippen molar-refractivity contribution in [2.45, 2.75) is 52.2 Å². The van der Waals surface area contributed by atoms with Gasteiger partial charge in [-0.05, 0) is 18.3 Å². The van der Waals surface area contributed by atoms with Crippen molar-refractivity contribution < 1.29 is 4.79 Å². The Labute approximate surface area is 114 Å². The zero-order chi connectivity index (χ0) is 14.2. The van der Waals surface area contributed by atoms with E-state index in [-0.39, 0.29) is 11.3 Å². The molecule has 0 radical (unpaired) electrons. The van der Waals surface area contributed by atoms with Gasteiger partial charge in [-0.15, -0.1) is 0 Å². The highest BCUT2D eigenvalue weighted by molar-refractivity contribution is 5.83. The number of aryl methyl sites for hydroxylation is 1. The monoisotopic (exact) mass is 264 g/mol. The number of nitrogens with zero attached hydrogens (tertiary/aromatic N) is 3. The highest BCUT2D eigenvalue weighted by atomic mass is 16.2. The van der Waals surface area contributed by atoms with Crippen molar-refractivity contribution in [3.8, 4) is 0 Å². The molecule has 0 bridgehead atoms. The fraction of sp³-hybridized carbons (Fsp3) is 0.714. The Hall–Kier alpha value is -1.36. The van der Waals surface area contributed by atoms with Crippen molar-refractivity contribution in [1.29, 1.82) is 0 Å². The molecule has 1 aromatic rings. The van der Waals surface area contributed by atoms with Crippen molar-refractivity contribution in [2.24, 2.45) is 18.2 Å². The molecule has 0 spiro atoms. The lowest BCUT2D eigenvalue weighted by molar-refractivity contribution is -0.136. The minimum absolute atomic E-state index is 0.0398. The first-order valence-electron chi connectivity index (χ1n) is 6.83. The quantitative estimate of drug-likeness (QED) is 0.891. The highest BCUT2D eigenvalue weighted by Crippen LogP contribution is 2.30. The summed E-state index contributed by atoms with van der Waals surface area (Å²) in [7, 11) is 1.95. The number of carbonyl (C=O) groups is 1. The summed E-state index contributed by atoms with van der Waals surface area (Å²) < 4.78 is 1.95. The molecule has 19 heavy (non-hydrogen) atoms. The molecule has 1 saturated carbocycles. The van der Waals surface area contributed by atoms with E-state index in [9.17, 15) is 4.79 Å². The number of hydrogen-bond acceptors (Lipinski definition) is 3. The molecule has 1 unspecified atom stereocenters. The smallest absolute Gasteiger partial charge is 0.240 e. The van der Waals surface area contributed by atoms with Crippen LogP contribution in [0.3, 0.4) is 0 Å². The summed E-state index contributed by atoms with van der Waals surface area (Å²) in [5.41, 5.74) is 5.89. The molecule has 0 aromatic carbocycles. The maximum atomic E-state index is 12.6. The fourth-order valence-electron chi connectivity index (χ4n) is 2.02. The zero-order valence-corrected chi connectivity index (χ0v) is 12.3. The number of rotatable bonds is 4. The summed E-state index contributed by atoms with van der Waals surface area (Å²) in [6.45, 7) is 6.56. The molecule has 1 amide bonds. The van der Waals surface area contributed by atoms with Gasteiger partial charge >= 0.3 is 0 Å². The van der Waals surface area contributed by atoms with Gasteiger partial charge in [0.15, 0.2) is 0 Å². The van der Waals surface area contributed by atoms with Gasteiger partial charge in [0.25, 0.3) is 0 Å². The van der Waals surface area contributed by atoms with Crippen LogP contribution < -0.4 is 5.73 Å². The van der Waals surface area contributed by atoms with Crippen molar-refractivity contribution in [3.63, 3.8) is 0 Å². The van der Waals surface area contributed by atoms with Gasteiger partial charge in [-0.25, -0.2) is 4.98 Å². The number of amides is 1. The largest absolute Gasteiger partial charge is 0.337 e. The second-order valence-corrected chi connectivity index (χ2v) is 6.50. The van der Waals surface area contributed by atoms with Gasteiger partial charge in [0, 0.05) is 25.5 Å². The van der Waals surface area contributed by atoms with E-state index in [4.69, 9.17) is 5.73 Å². The van der Waals surface area contributed by atoms with Gasteiger partial charge in [0.2, 0.25) is 5.91 Å². The summed E-state index contributed by atoms with van der Waals surface area (Å²) >= 11 is 0. The molecule has 1 aliphatic carbocycles. The van der Waals surface area contributed by atoms with Gasteiger partial charge in [0.05, 0.1) is 12.6 Å². The molecule has 1 aliphatic rings. The van der Waals surface area contributed by atoms with Crippen molar-refractivity contribution in [1.82, 2.24) is 14.5 Å². The van der Waals surface area contributed by atoms with Crippen LogP contribution in [0.1, 0.15) is 39.4 Å². The van der Waals surface area contributed by atoms with Crippen LogP contribution in [-0.2, 0) is 18.4 Å². The molecular weight excluding hydrogens is 240 g/mol. The fourth-order valence-corrected chi connectivity index (χ4v) is 2.02. The molecule has 1 fully saturated rings. The van der Waals surface area contributed by atoms with E-state index < -0.39 is 6.04 Å². The lowest BCUT2D eigenvalue weighted by atomic mass is 9.86. The van der Waals surface area contributed by atoms with Crippen LogP contribution in [0, 0.1) is 5.41 Å².